The monoisotopic (exact) mass is 244 g/mol. The van der Waals surface area contributed by atoms with Gasteiger partial charge in [0, 0.05) is 12.4 Å². The molecule has 0 bridgehead atoms. The SMILES string of the molecule is CNc1nc2ccc(C(C)C)cc2cc1C(=O)O. The zero-order chi connectivity index (χ0) is 13.3. The topological polar surface area (TPSA) is 62.2 Å². The first-order valence-electron chi connectivity index (χ1n) is 5.88. The van der Waals surface area contributed by atoms with Crippen LogP contribution in [-0.4, -0.2) is 23.1 Å². The lowest BCUT2D eigenvalue weighted by atomic mass is 10.0. The molecule has 18 heavy (non-hydrogen) atoms. The van der Waals surface area contributed by atoms with Crippen LogP contribution < -0.4 is 5.32 Å². The Bertz CT molecular complexity index is 606. The van der Waals surface area contributed by atoms with Crippen LogP contribution in [0.5, 0.6) is 0 Å². The van der Waals surface area contributed by atoms with Gasteiger partial charge in [0.2, 0.25) is 0 Å². The maximum Gasteiger partial charge on any atom is 0.339 e. The molecule has 0 radical (unpaired) electrons. The number of rotatable bonds is 3. The van der Waals surface area contributed by atoms with Gasteiger partial charge in [-0.1, -0.05) is 19.9 Å². The molecular formula is C14H16N2O2. The quantitative estimate of drug-likeness (QED) is 0.870. The number of nitrogens with one attached hydrogen (secondary N) is 1. The van der Waals surface area contributed by atoms with E-state index in [0.29, 0.717) is 11.7 Å². The van der Waals surface area contributed by atoms with Gasteiger partial charge in [-0.15, -0.1) is 0 Å². The van der Waals surface area contributed by atoms with Crippen molar-refractivity contribution in [1.29, 1.82) is 0 Å². The minimum Gasteiger partial charge on any atom is -0.478 e. The van der Waals surface area contributed by atoms with E-state index < -0.39 is 5.97 Å². The third kappa shape index (κ3) is 2.14. The second kappa shape index (κ2) is 4.64. The molecule has 0 saturated carbocycles. The zero-order valence-corrected chi connectivity index (χ0v) is 10.7. The molecule has 0 atom stereocenters. The number of pyridine rings is 1. The van der Waals surface area contributed by atoms with Crippen molar-refractivity contribution in [2.45, 2.75) is 19.8 Å². The molecule has 0 unspecified atom stereocenters. The molecule has 4 heteroatoms. The van der Waals surface area contributed by atoms with Gasteiger partial charge in [-0.3, -0.25) is 0 Å². The van der Waals surface area contributed by atoms with E-state index in [1.165, 1.54) is 5.56 Å². The lowest BCUT2D eigenvalue weighted by Gasteiger charge is -2.09. The van der Waals surface area contributed by atoms with E-state index in [1.54, 1.807) is 13.1 Å². The Morgan fingerprint density at radius 2 is 2.06 bits per heavy atom. The number of carboxylic acids is 1. The highest BCUT2D eigenvalue weighted by Crippen LogP contribution is 2.24. The minimum absolute atomic E-state index is 0.200. The smallest absolute Gasteiger partial charge is 0.339 e. The predicted octanol–water partition coefficient (Wildman–Crippen LogP) is 3.10. The molecule has 0 amide bonds. The molecule has 1 aromatic carbocycles. The van der Waals surface area contributed by atoms with Crippen LogP contribution in [0.1, 0.15) is 35.7 Å². The van der Waals surface area contributed by atoms with Gasteiger partial charge in [-0.2, -0.15) is 0 Å². The second-order valence-corrected chi connectivity index (χ2v) is 4.55. The summed E-state index contributed by atoms with van der Waals surface area (Å²) >= 11 is 0. The second-order valence-electron chi connectivity index (χ2n) is 4.55. The van der Waals surface area contributed by atoms with E-state index in [4.69, 9.17) is 5.11 Å². The molecule has 1 aromatic heterocycles. The standard InChI is InChI=1S/C14H16N2O2/c1-8(2)9-4-5-12-10(6-9)7-11(14(17)18)13(15-3)16-12/h4-8H,1-3H3,(H,15,16)(H,17,18). The number of carbonyl (C=O) groups is 1. The van der Waals surface area contributed by atoms with E-state index in [1.807, 2.05) is 18.2 Å². The molecule has 2 N–H and O–H groups in total. The van der Waals surface area contributed by atoms with E-state index in [-0.39, 0.29) is 5.56 Å². The number of hydrogen-bond donors (Lipinski definition) is 2. The van der Waals surface area contributed by atoms with Crippen molar-refractivity contribution in [2.24, 2.45) is 0 Å². The van der Waals surface area contributed by atoms with Gasteiger partial charge < -0.3 is 10.4 Å². The highest BCUT2D eigenvalue weighted by atomic mass is 16.4. The summed E-state index contributed by atoms with van der Waals surface area (Å²) in [7, 11) is 1.67. The molecule has 0 spiro atoms. The van der Waals surface area contributed by atoms with Crippen LogP contribution >= 0.6 is 0 Å². The number of benzene rings is 1. The summed E-state index contributed by atoms with van der Waals surface area (Å²) < 4.78 is 0. The van der Waals surface area contributed by atoms with Gasteiger partial charge in [0.15, 0.2) is 0 Å². The van der Waals surface area contributed by atoms with Crippen LogP contribution in [0.15, 0.2) is 24.3 Å². The van der Waals surface area contributed by atoms with E-state index >= 15 is 0 Å². The summed E-state index contributed by atoms with van der Waals surface area (Å²) in [5, 5.41) is 12.8. The fourth-order valence-corrected chi connectivity index (χ4v) is 1.91. The van der Waals surface area contributed by atoms with Crippen molar-refractivity contribution < 1.29 is 9.90 Å². The number of aromatic nitrogens is 1. The fourth-order valence-electron chi connectivity index (χ4n) is 1.91. The number of nitrogens with zero attached hydrogens (tertiary/aromatic N) is 1. The average molecular weight is 244 g/mol. The Morgan fingerprint density at radius 3 is 2.61 bits per heavy atom. The van der Waals surface area contributed by atoms with Crippen molar-refractivity contribution in [3.05, 3.63) is 35.4 Å². The molecule has 0 aliphatic carbocycles. The number of fused-ring (bicyclic) bond motifs is 1. The maximum atomic E-state index is 11.2. The largest absolute Gasteiger partial charge is 0.478 e. The first-order chi connectivity index (χ1) is 8.52. The van der Waals surface area contributed by atoms with Crippen molar-refractivity contribution in [3.8, 4) is 0 Å². The molecule has 0 aliphatic rings. The van der Waals surface area contributed by atoms with Crippen molar-refractivity contribution >= 4 is 22.7 Å². The van der Waals surface area contributed by atoms with Crippen LogP contribution in [0.3, 0.4) is 0 Å². The van der Waals surface area contributed by atoms with Crippen molar-refractivity contribution in [1.82, 2.24) is 4.98 Å². The first kappa shape index (κ1) is 12.4. The van der Waals surface area contributed by atoms with Gasteiger partial charge in [-0.25, -0.2) is 9.78 Å². The third-order valence-electron chi connectivity index (χ3n) is 2.97. The highest BCUT2D eigenvalue weighted by Gasteiger charge is 2.12. The summed E-state index contributed by atoms with van der Waals surface area (Å²) in [6, 6.07) is 7.62. The van der Waals surface area contributed by atoms with Crippen LogP contribution in [0.4, 0.5) is 5.82 Å². The molecule has 0 fully saturated rings. The van der Waals surface area contributed by atoms with Crippen LogP contribution in [0, 0.1) is 0 Å². The number of hydrogen-bond acceptors (Lipinski definition) is 3. The number of anilines is 1. The summed E-state index contributed by atoms with van der Waals surface area (Å²) in [5.41, 5.74) is 2.18. The molecular weight excluding hydrogens is 228 g/mol. The minimum atomic E-state index is -0.969. The normalized spacial score (nSPS) is 10.9. The van der Waals surface area contributed by atoms with E-state index in [9.17, 15) is 4.79 Å². The molecule has 2 rings (SSSR count). The van der Waals surface area contributed by atoms with Gasteiger partial charge in [0.25, 0.3) is 0 Å². The van der Waals surface area contributed by atoms with Crippen LogP contribution in [0.2, 0.25) is 0 Å². The summed E-state index contributed by atoms with van der Waals surface area (Å²) in [6.45, 7) is 4.21. The Labute approximate surface area is 106 Å². The lowest BCUT2D eigenvalue weighted by molar-refractivity contribution is 0.0698. The van der Waals surface area contributed by atoms with Gasteiger partial charge in [0.05, 0.1) is 5.52 Å². The average Bonchev–Trinajstić information content (AvgIpc) is 2.36. The first-order valence-corrected chi connectivity index (χ1v) is 5.88. The Balaban J connectivity index is 2.68. The molecule has 0 aliphatic heterocycles. The Morgan fingerprint density at radius 1 is 1.33 bits per heavy atom. The van der Waals surface area contributed by atoms with Crippen molar-refractivity contribution in [3.63, 3.8) is 0 Å². The highest BCUT2D eigenvalue weighted by molar-refractivity contribution is 5.98. The molecule has 1 heterocycles. The van der Waals surface area contributed by atoms with Gasteiger partial charge in [-0.05, 0) is 29.7 Å². The van der Waals surface area contributed by atoms with Crippen LogP contribution in [-0.2, 0) is 0 Å². The fraction of sp³-hybridized carbons (Fsp3) is 0.286. The van der Waals surface area contributed by atoms with E-state index in [2.05, 4.69) is 24.1 Å². The lowest BCUT2D eigenvalue weighted by Crippen LogP contribution is -2.05. The van der Waals surface area contributed by atoms with E-state index in [0.717, 1.165) is 10.9 Å². The zero-order valence-electron chi connectivity index (χ0n) is 10.7. The molecule has 4 nitrogen and oxygen atoms in total. The summed E-state index contributed by atoms with van der Waals surface area (Å²) in [4.78, 5) is 15.5. The molecule has 94 valence electrons. The maximum absolute atomic E-state index is 11.2. The number of carboxylic acid groups (broad SMARTS) is 1. The Kier molecular flexibility index (Phi) is 3.19. The predicted molar refractivity (Wildman–Crippen MR) is 72.3 cm³/mol. The summed E-state index contributed by atoms with van der Waals surface area (Å²) in [5.74, 6) is -0.164. The Hall–Kier alpha value is -2.10. The van der Waals surface area contributed by atoms with Gasteiger partial charge >= 0.3 is 5.97 Å². The summed E-state index contributed by atoms with van der Waals surface area (Å²) in [6.07, 6.45) is 0. The van der Waals surface area contributed by atoms with Gasteiger partial charge in [0.1, 0.15) is 11.4 Å². The third-order valence-corrected chi connectivity index (χ3v) is 2.97. The molecule has 2 aromatic rings. The van der Waals surface area contributed by atoms with Crippen molar-refractivity contribution in [2.75, 3.05) is 12.4 Å². The van der Waals surface area contributed by atoms with Crippen LogP contribution in [0.25, 0.3) is 10.9 Å². The molecule has 0 saturated heterocycles. The number of aromatic carboxylic acids is 1.